The molecular weight excluding hydrogens is 448 g/mol. The number of sulfonamides is 1. The number of anilines is 1. The summed E-state index contributed by atoms with van der Waals surface area (Å²) in [6.45, 7) is 8.18. The summed E-state index contributed by atoms with van der Waals surface area (Å²) in [5.74, 6) is 0.228. The lowest BCUT2D eigenvalue weighted by Gasteiger charge is -2.31. The largest absolute Gasteiger partial charge is 0.339 e. The summed E-state index contributed by atoms with van der Waals surface area (Å²) in [5, 5.41) is 8.58. The minimum atomic E-state index is -3.72. The number of nitrogens with zero attached hydrogens (tertiary/aromatic N) is 3. The Morgan fingerprint density at radius 1 is 1.19 bits per heavy atom. The molecule has 170 valence electrons. The van der Waals surface area contributed by atoms with Gasteiger partial charge in [0.05, 0.1) is 5.92 Å². The van der Waals surface area contributed by atoms with Crippen molar-refractivity contribution in [1.29, 1.82) is 0 Å². The number of amides is 1. The van der Waals surface area contributed by atoms with Crippen LogP contribution in [0.2, 0.25) is 0 Å². The molecule has 10 heteroatoms. The number of carbonyl (C=O) groups excluding carboxylic acids is 1. The Labute approximate surface area is 191 Å². The van der Waals surface area contributed by atoms with E-state index in [1.54, 1.807) is 18.4 Å². The minimum absolute atomic E-state index is 0.144. The average molecular weight is 475 g/mol. The van der Waals surface area contributed by atoms with E-state index >= 15 is 0 Å². The van der Waals surface area contributed by atoms with Gasteiger partial charge in [-0.3, -0.25) is 4.79 Å². The summed E-state index contributed by atoms with van der Waals surface area (Å²) >= 11 is 1.12. The van der Waals surface area contributed by atoms with E-state index in [2.05, 4.69) is 15.5 Å². The zero-order valence-electron chi connectivity index (χ0n) is 18.5. The number of carbonyl (C=O) groups is 1. The van der Waals surface area contributed by atoms with E-state index in [4.69, 9.17) is 4.52 Å². The number of aromatic nitrogens is 2. The third-order valence-corrected chi connectivity index (χ3v) is 8.92. The Kier molecular flexibility index (Phi) is 6.19. The second-order valence-electron chi connectivity index (χ2n) is 8.26. The average Bonchev–Trinajstić information content (AvgIpc) is 3.40. The van der Waals surface area contributed by atoms with Crippen molar-refractivity contribution in [2.45, 2.75) is 44.7 Å². The van der Waals surface area contributed by atoms with Gasteiger partial charge in [0.15, 0.2) is 0 Å². The maximum Gasteiger partial charge on any atom is 0.252 e. The molecule has 2 aromatic heterocycles. The van der Waals surface area contributed by atoms with Gasteiger partial charge in [-0.2, -0.15) is 9.29 Å². The van der Waals surface area contributed by atoms with Crippen LogP contribution >= 0.6 is 11.3 Å². The van der Waals surface area contributed by atoms with Gasteiger partial charge in [-0.25, -0.2) is 8.42 Å². The van der Waals surface area contributed by atoms with Gasteiger partial charge < -0.3 is 9.84 Å². The molecule has 1 aliphatic heterocycles. The SMILES string of the molecule is Cc1cc(C)c(NC(=O)C2CCCN(S(=O)(=O)c3cc(-c4noc(C)n4)cs3)C2)c(C)c1. The van der Waals surface area contributed by atoms with Crippen LogP contribution in [0.3, 0.4) is 0 Å². The monoisotopic (exact) mass is 474 g/mol. The number of piperidine rings is 1. The number of hydrogen-bond acceptors (Lipinski definition) is 7. The highest BCUT2D eigenvalue weighted by atomic mass is 32.2. The third kappa shape index (κ3) is 4.48. The predicted octanol–water partition coefficient (Wildman–Crippen LogP) is 4.07. The lowest BCUT2D eigenvalue weighted by Crippen LogP contribution is -2.43. The molecule has 0 saturated carbocycles. The molecule has 4 rings (SSSR count). The second-order valence-corrected chi connectivity index (χ2v) is 11.3. The van der Waals surface area contributed by atoms with Crippen molar-refractivity contribution < 1.29 is 17.7 Å². The number of thiophene rings is 1. The molecule has 1 unspecified atom stereocenters. The van der Waals surface area contributed by atoms with Crippen molar-refractivity contribution in [2.75, 3.05) is 18.4 Å². The summed E-state index contributed by atoms with van der Waals surface area (Å²) in [6.07, 6.45) is 1.28. The van der Waals surface area contributed by atoms with Gasteiger partial charge in [0.25, 0.3) is 10.0 Å². The van der Waals surface area contributed by atoms with E-state index in [0.29, 0.717) is 36.7 Å². The van der Waals surface area contributed by atoms with E-state index in [1.165, 1.54) is 4.31 Å². The molecule has 1 N–H and O–H groups in total. The molecule has 1 aliphatic rings. The Balaban J connectivity index is 1.50. The number of hydrogen-bond donors (Lipinski definition) is 1. The summed E-state index contributed by atoms with van der Waals surface area (Å²) in [5.41, 5.74) is 4.54. The topological polar surface area (TPSA) is 105 Å². The molecular formula is C22H26N4O4S2. The second kappa shape index (κ2) is 8.76. The number of benzene rings is 1. The molecule has 0 aliphatic carbocycles. The van der Waals surface area contributed by atoms with Crippen molar-refractivity contribution >= 4 is 33.0 Å². The van der Waals surface area contributed by atoms with Crippen LogP contribution < -0.4 is 5.32 Å². The van der Waals surface area contributed by atoms with Crippen LogP contribution in [-0.4, -0.2) is 41.9 Å². The Morgan fingerprint density at radius 2 is 1.91 bits per heavy atom. The molecule has 0 spiro atoms. The van der Waals surface area contributed by atoms with E-state index in [-0.39, 0.29) is 16.7 Å². The van der Waals surface area contributed by atoms with Crippen molar-refractivity contribution in [3.63, 3.8) is 0 Å². The first-order valence-electron chi connectivity index (χ1n) is 10.4. The van der Waals surface area contributed by atoms with E-state index in [9.17, 15) is 13.2 Å². The maximum absolute atomic E-state index is 13.2. The molecule has 1 saturated heterocycles. The molecule has 0 bridgehead atoms. The van der Waals surface area contributed by atoms with Gasteiger partial charge in [0.2, 0.25) is 17.6 Å². The summed E-state index contributed by atoms with van der Waals surface area (Å²) < 4.78 is 33.1. The Bertz CT molecular complexity index is 1240. The highest BCUT2D eigenvalue weighted by Gasteiger charge is 2.34. The lowest BCUT2D eigenvalue weighted by molar-refractivity contribution is -0.120. The van der Waals surface area contributed by atoms with Gasteiger partial charge in [-0.05, 0) is 50.8 Å². The van der Waals surface area contributed by atoms with E-state index in [1.807, 2.05) is 32.9 Å². The smallest absolute Gasteiger partial charge is 0.252 e. The highest BCUT2D eigenvalue weighted by Crippen LogP contribution is 2.32. The van der Waals surface area contributed by atoms with Crippen molar-refractivity contribution in [3.05, 3.63) is 46.2 Å². The summed E-state index contributed by atoms with van der Waals surface area (Å²) in [6, 6.07) is 5.62. The van der Waals surface area contributed by atoms with E-state index in [0.717, 1.165) is 33.7 Å². The fourth-order valence-electron chi connectivity index (χ4n) is 4.09. The number of aryl methyl sites for hydroxylation is 4. The first-order valence-corrected chi connectivity index (χ1v) is 12.7. The molecule has 32 heavy (non-hydrogen) atoms. The first kappa shape index (κ1) is 22.6. The van der Waals surface area contributed by atoms with Gasteiger partial charge in [0.1, 0.15) is 4.21 Å². The zero-order chi connectivity index (χ0) is 23.0. The predicted molar refractivity (Wildman–Crippen MR) is 123 cm³/mol. The normalized spacial score (nSPS) is 17.4. The first-order chi connectivity index (χ1) is 15.1. The molecule has 1 aromatic carbocycles. The lowest BCUT2D eigenvalue weighted by atomic mass is 9.98. The fourth-order valence-corrected chi connectivity index (χ4v) is 6.92. The van der Waals surface area contributed by atoms with E-state index < -0.39 is 15.9 Å². The van der Waals surface area contributed by atoms with Gasteiger partial charge in [-0.1, -0.05) is 22.9 Å². The van der Waals surface area contributed by atoms with Crippen LogP contribution in [0.5, 0.6) is 0 Å². The van der Waals surface area contributed by atoms with Crippen molar-refractivity contribution in [2.24, 2.45) is 5.92 Å². The maximum atomic E-state index is 13.2. The number of rotatable bonds is 5. The molecule has 1 fully saturated rings. The summed E-state index contributed by atoms with van der Waals surface area (Å²) in [7, 11) is -3.72. The van der Waals surface area contributed by atoms with Gasteiger partial charge in [-0.15, -0.1) is 11.3 Å². The van der Waals surface area contributed by atoms with Crippen molar-refractivity contribution in [1.82, 2.24) is 14.4 Å². The van der Waals surface area contributed by atoms with Crippen LogP contribution in [0.4, 0.5) is 5.69 Å². The third-order valence-electron chi connectivity index (χ3n) is 5.64. The highest BCUT2D eigenvalue weighted by molar-refractivity contribution is 7.91. The van der Waals surface area contributed by atoms with Crippen molar-refractivity contribution in [3.8, 4) is 11.4 Å². The van der Waals surface area contributed by atoms with Gasteiger partial charge >= 0.3 is 0 Å². The quantitative estimate of drug-likeness (QED) is 0.598. The zero-order valence-corrected chi connectivity index (χ0v) is 20.1. The summed E-state index contributed by atoms with van der Waals surface area (Å²) in [4.78, 5) is 17.2. The Hall–Kier alpha value is -2.56. The molecule has 1 atom stereocenters. The molecule has 0 radical (unpaired) electrons. The van der Waals surface area contributed by atoms with Crippen LogP contribution in [0.1, 0.15) is 35.4 Å². The molecule has 3 aromatic rings. The number of nitrogens with one attached hydrogen (secondary N) is 1. The van der Waals surface area contributed by atoms with Gasteiger partial charge in [0, 0.05) is 36.6 Å². The molecule has 8 nitrogen and oxygen atoms in total. The molecule has 1 amide bonds. The van der Waals surface area contributed by atoms with Crippen LogP contribution in [0, 0.1) is 33.6 Å². The molecule has 3 heterocycles. The Morgan fingerprint density at radius 3 is 2.56 bits per heavy atom. The van der Waals surface area contributed by atoms with Crippen LogP contribution in [-0.2, 0) is 14.8 Å². The fraction of sp³-hybridized carbons (Fsp3) is 0.409. The van der Waals surface area contributed by atoms with Crippen LogP contribution in [0.15, 0.2) is 32.3 Å². The van der Waals surface area contributed by atoms with Crippen LogP contribution in [0.25, 0.3) is 11.4 Å². The standard InChI is InChI=1S/C22H26N4O4S2/c1-13-8-14(2)20(15(3)9-13)24-22(27)17-6-5-7-26(11-17)32(28,29)19-10-18(12-31-19)21-23-16(4)30-25-21/h8-10,12,17H,5-7,11H2,1-4H3,(H,24,27). The minimum Gasteiger partial charge on any atom is -0.339 e.